The van der Waals surface area contributed by atoms with Crippen molar-refractivity contribution in [2.45, 2.75) is 69.6 Å². The van der Waals surface area contributed by atoms with E-state index in [1.807, 2.05) is 44.2 Å². The molecule has 8 heteroatoms. The van der Waals surface area contributed by atoms with Crippen molar-refractivity contribution in [2.24, 2.45) is 0 Å². The first kappa shape index (κ1) is 26.1. The molecule has 0 aromatic heterocycles. The standard InChI is InChI=1S/C30H34N2O5S/c1-5-30(6-2)18-24(23-9-7-8-10-26(23)37-30)31-29(33)28-19-32(25-16-13-21(4)17-27(25)36-28)38(34,35)22-14-11-20(3)12-15-22/h7-17,24,28H,5-6,18-19H2,1-4H3,(H,31,33)/t24-,28+/m0/s1. The highest BCUT2D eigenvalue weighted by atomic mass is 32.2. The number of benzene rings is 3. The average Bonchev–Trinajstić information content (AvgIpc) is 2.92. The first-order valence-corrected chi connectivity index (χ1v) is 14.5. The van der Waals surface area contributed by atoms with Crippen LogP contribution < -0.4 is 19.1 Å². The monoisotopic (exact) mass is 534 g/mol. The van der Waals surface area contributed by atoms with Crippen LogP contribution in [0.5, 0.6) is 11.5 Å². The summed E-state index contributed by atoms with van der Waals surface area (Å²) in [6, 6.07) is 19.5. The second kappa shape index (κ2) is 9.98. The third-order valence-corrected chi connectivity index (χ3v) is 9.48. The molecule has 3 aromatic rings. The van der Waals surface area contributed by atoms with Gasteiger partial charge in [0.15, 0.2) is 6.10 Å². The van der Waals surface area contributed by atoms with Crippen LogP contribution in [0.3, 0.4) is 0 Å². The second-order valence-corrected chi connectivity index (χ2v) is 12.1. The SMILES string of the molecule is CCC1(CC)C[C@H](NC(=O)[C@H]2CN(S(=O)(=O)c3ccc(C)cc3)c3ccc(C)cc3O2)c2ccccc2O1. The van der Waals surface area contributed by atoms with Crippen molar-refractivity contribution < 1.29 is 22.7 Å². The van der Waals surface area contributed by atoms with Gasteiger partial charge in [0, 0.05) is 12.0 Å². The number of nitrogens with one attached hydrogen (secondary N) is 1. The van der Waals surface area contributed by atoms with Crippen molar-refractivity contribution in [3.63, 3.8) is 0 Å². The summed E-state index contributed by atoms with van der Waals surface area (Å²) in [5.41, 5.74) is 2.82. The molecule has 0 unspecified atom stereocenters. The van der Waals surface area contributed by atoms with Crippen LogP contribution >= 0.6 is 0 Å². The zero-order valence-corrected chi connectivity index (χ0v) is 23.0. The van der Waals surface area contributed by atoms with Gasteiger partial charge in [0.05, 0.1) is 23.2 Å². The summed E-state index contributed by atoms with van der Waals surface area (Å²) in [5, 5.41) is 3.17. The number of hydrogen-bond donors (Lipinski definition) is 1. The van der Waals surface area contributed by atoms with E-state index in [4.69, 9.17) is 9.47 Å². The molecule has 0 aliphatic carbocycles. The molecule has 7 nitrogen and oxygen atoms in total. The summed E-state index contributed by atoms with van der Waals surface area (Å²) in [7, 11) is -3.93. The Morgan fingerprint density at radius 1 is 0.974 bits per heavy atom. The Morgan fingerprint density at radius 2 is 1.66 bits per heavy atom. The van der Waals surface area contributed by atoms with Gasteiger partial charge in [-0.05, 0) is 62.6 Å². The molecule has 0 saturated carbocycles. The van der Waals surface area contributed by atoms with Gasteiger partial charge < -0.3 is 14.8 Å². The number of aryl methyl sites for hydroxylation is 2. The summed E-state index contributed by atoms with van der Waals surface area (Å²) in [6.07, 6.45) is 1.21. The van der Waals surface area contributed by atoms with E-state index in [0.717, 1.165) is 35.3 Å². The highest BCUT2D eigenvalue weighted by Crippen LogP contribution is 2.43. The minimum Gasteiger partial charge on any atom is -0.487 e. The number of fused-ring (bicyclic) bond motifs is 2. The molecule has 5 rings (SSSR count). The van der Waals surface area contributed by atoms with E-state index in [0.29, 0.717) is 17.9 Å². The normalized spacial score (nSPS) is 19.9. The first-order chi connectivity index (χ1) is 18.2. The number of carbonyl (C=O) groups excluding carboxylic acids is 1. The smallest absolute Gasteiger partial charge is 0.264 e. The summed E-state index contributed by atoms with van der Waals surface area (Å²) < 4.78 is 41.3. The van der Waals surface area contributed by atoms with Crippen LogP contribution in [0.2, 0.25) is 0 Å². The maximum atomic E-state index is 13.8. The quantitative estimate of drug-likeness (QED) is 0.454. The Hall–Kier alpha value is -3.52. The molecule has 3 aromatic carbocycles. The molecule has 1 N–H and O–H groups in total. The largest absolute Gasteiger partial charge is 0.487 e. The van der Waals surface area contributed by atoms with Gasteiger partial charge in [-0.15, -0.1) is 0 Å². The van der Waals surface area contributed by atoms with E-state index >= 15 is 0 Å². The number of ether oxygens (including phenoxy) is 2. The topological polar surface area (TPSA) is 84.9 Å². The van der Waals surface area contributed by atoms with Crippen LogP contribution in [0, 0.1) is 13.8 Å². The van der Waals surface area contributed by atoms with Gasteiger partial charge in [0.2, 0.25) is 0 Å². The maximum absolute atomic E-state index is 13.8. The Labute approximate surface area is 224 Å². The molecule has 2 aliphatic heterocycles. The molecule has 2 heterocycles. The van der Waals surface area contributed by atoms with Crippen molar-refractivity contribution in [3.05, 3.63) is 83.4 Å². The fourth-order valence-electron chi connectivity index (χ4n) is 5.26. The lowest BCUT2D eigenvalue weighted by Gasteiger charge is -2.42. The van der Waals surface area contributed by atoms with E-state index < -0.39 is 16.1 Å². The van der Waals surface area contributed by atoms with Crippen LogP contribution in [0.15, 0.2) is 71.6 Å². The summed E-state index contributed by atoms with van der Waals surface area (Å²) in [4.78, 5) is 13.9. The van der Waals surface area contributed by atoms with E-state index in [1.165, 1.54) is 4.31 Å². The molecule has 38 heavy (non-hydrogen) atoms. The second-order valence-electron chi connectivity index (χ2n) is 10.2. The summed E-state index contributed by atoms with van der Waals surface area (Å²) >= 11 is 0. The Morgan fingerprint density at radius 3 is 2.37 bits per heavy atom. The highest BCUT2D eigenvalue weighted by molar-refractivity contribution is 7.92. The van der Waals surface area contributed by atoms with Crippen LogP contribution in [0.4, 0.5) is 5.69 Å². The van der Waals surface area contributed by atoms with Crippen LogP contribution in [-0.2, 0) is 14.8 Å². The molecule has 0 saturated heterocycles. The van der Waals surface area contributed by atoms with Crippen LogP contribution in [0.1, 0.15) is 55.8 Å². The van der Waals surface area contributed by atoms with E-state index in [2.05, 4.69) is 19.2 Å². The lowest BCUT2D eigenvalue weighted by molar-refractivity contribution is -0.129. The maximum Gasteiger partial charge on any atom is 0.264 e. The molecule has 0 radical (unpaired) electrons. The fraction of sp³-hybridized carbons (Fsp3) is 0.367. The molecule has 200 valence electrons. The number of nitrogens with zero attached hydrogens (tertiary/aromatic N) is 1. The van der Waals surface area contributed by atoms with Gasteiger partial charge in [-0.2, -0.15) is 0 Å². The van der Waals surface area contributed by atoms with Gasteiger partial charge in [-0.3, -0.25) is 9.10 Å². The lowest BCUT2D eigenvalue weighted by Crippen LogP contribution is -2.52. The number of carbonyl (C=O) groups is 1. The van der Waals surface area contributed by atoms with Gasteiger partial charge in [0.25, 0.3) is 15.9 Å². The molecule has 2 aliphatic rings. The van der Waals surface area contributed by atoms with E-state index in [9.17, 15) is 13.2 Å². The van der Waals surface area contributed by atoms with Crippen molar-refractivity contribution in [2.75, 3.05) is 10.8 Å². The predicted molar refractivity (Wildman–Crippen MR) is 147 cm³/mol. The van der Waals surface area contributed by atoms with Crippen molar-refractivity contribution in [3.8, 4) is 11.5 Å². The summed E-state index contributed by atoms with van der Waals surface area (Å²) in [6.45, 7) is 7.86. The molecular formula is C30H34N2O5S. The van der Waals surface area contributed by atoms with Crippen molar-refractivity contribution >= 4 is 21.6 Å². The Kier molecular flexibility index (Phi) is 6.86. The lowest BCUT2D eigenvalue weighted by atomic mass is 9.83. The minimum atomic E-state index is -3.93. The van der Waals surface area contributed by atoms with Crippen molar-refractivity contribution in [1.29, 1.82) is 0 Å². The third-order valence-electron chi connectivity index (χ3n) is 7.69. The molecule has 1 amide bonds. The number of hydrogen-bond acceptors (Lipinski definition) is 5. The fourth-order valence-corrected chi connectivity index (χ4v) is 6.73. The minimum absolute atomic E-state index is 0.129. The highest BCUT2D eigenvalue weighted by Gasteiger charge is 2.42. The Balaban J connectivity index is 1.47. The van der Waals surface area contributed by atoms with Gasteiger partial charge >= 0.3 is 0 Å². The first-order valence-electron chi connectivity index (χ1n) is 13.1. The molecular weight excluding hydrogens is 500 g/mol. The van der Waals surface area contributed by atoms with Gasteiger partial charge in [-0.25, -0.2) is 8.42 Å². The zero-order valence-electron chi connectivity index (χ0n) is 22.2. The zero-order chi connectivity index (χ0) is 27.1. The van der Waals surface area contributed by atoms with Crippen LogP contribution in [-0.4, -0.2) is 32.6 Å². The van der Waals surface area contributed by atoms with Crippen molar-refractivity contribution in [1.82, 2.24) is 5.32 Å². The van der Waals surface area contributed by atoms with Crippen LogP contribution in [0.25, 0.3) is 0 Å². The Bertz CT molecular complexity index is 1450. The number of rotatable bonds is 6. The van der Waals surface area contributed by atoms with E-state index in [-0.39, 0.29) is 29.0 Å². The van der Waals surface area contributed by atoms with Gasteiger partial charge in [0.1, 0.15) is 17.1 Å². The third kappa shape index (κ3) is 4.73. The molecule has 2 atom stereocenters. The number of amides is 1. The number of anilines is 1. The molecule has 0 spiro atoms. The van der Waals surface area contributed by atoms with Gasteiger partial charge in [-0.1, -0.05) is 55.8 Å². The average molecular weight is 535 g/mol. The molecule has 0 bridgehead atoms. The number of sulfonamides is 1. The van der Waals surface area contributed by atoms with E-state index in [1.54, 1.807) is 36.4 Å². The predicted octanol–water partition coefficient (Wildman–Crippen LogP) is 5.46. The number of para-hydroxylation sites is 1. The molecule has 0 fully saturated rings. The summed E-state index contributed by atoms with van der Waals surface area (Å²) in [5.74, 6) is 0.779.